The summed E-state index contributed by atoms with van der Waals surface area (Å²) in [7, 11) is 0. The summed E-state index contributed by atoms with van der Waals surface area (Å²) in [6, 6.07) is 7.89. The number of aliphatic hydroxyl groups excluding tert-OH is 1. The third-order valence-corrected chi connectivity index (χ3v) is 5.91. The molecule has 0 amide bonds. The molecule has 1 aliphatic heterocycles. The summed E-state index contributed by atoms with van der Waals surface area (Å²) in [5, 5.41) is 10.7. The van der Waals surface area contributed by atoms with Gasteiger partial charge in [0.1, 0.15) is 6.10 Å². The minimum absolute atomic E-state index is 0.0902. The molecule has 2 aliphatic rings. The smallest absolute Gasteiger partial charge is 0.331 e. The van der Waals surface area contributed by atoms with Crippen molar-refractivity contribution in [2.75, 3.05) is 0 Å². The van der Waals surface area contributed by atoms with E-state index in [-0.39, 0.29) is 30.0 Å². The van der Waals surface area contributed by atoms with Crippen LogP contribution in [0.2, 0.25) is 0 Å². The first-order valence-corrected chi connectivity index (χ1v) is 11.1. The predicted molar refractivity (Wildman–Crippen MR) is 120 cm³/mol. The molecule has 1 aromatic rings. The summed E-state index contributed by atoms with van der Waals surface area (Å²) >= 11 is 0. The molecule has 0 spiro atoms. The first kappa shape index (κ1) is 23.0. The number of benzene rings is 1. The van der Waals surface area contributed by atoms with E-state index < -0.39 is 12.1 Å². The van der Waals surface area contributed by atoms with Crippen LogP contribution in [0.4, 0.5) is 0 Å². The molecule has 3 rings (SSSR count). The normalized spacial score (nSPS) is 30.5. The van der Waals surface area contributed by atoms with Gasteiger partial charge in [0.25, 0.3) is 0 Å². The van der Waals surface area contributed by atoms with Crippen LogP contribution in [-0.4, -0.2) is 35.4 Å². The molecule has 5 atom stereocenters. The van der Waals surface area contributed by atoms with Gasteiger partial charge in [0, 0.05) is 12.2 Å². The number of fused-ring (bicyclic) bond motifs is 1. The lowest BCUT2D eigenvalue weighted by Gasteiger charge is -2.19. The van der Waals surface area contributed by atoms with E-state index in [2.05, 4.69) is 12.2 Å². The minimum Gasteiger partial charge on any atom is -0.460 e. The first-order valence-electron chi connectivity index (χ1n) is 11.1. The molecule has 1 heterocycles. The van der Waals surface area contributed by atoms with Gasteiger partial charge in [0.2, 0.25) is 0 Å². The topological polar surface area (TPSA) is 72.8 Å². The minimum atomic E-state index is -0.801. The van der Waals surface area contributed by atoms with E-state index in [1.807, 2.05) is 38.1 Å². The lowest BCUT2D eigenvalue weighted by molar-refractivity contribution is -0.143. The number of aliphatic hydroxyl groups is 1. The zero-order valence-electron chi connectivity index (χ0n) is 18.3. The van der Waals surface area contributed by atoms with Crippen LogP contribution < -0.4 is 0 Å². The Bertz CT molecular complexity index is 853. The van der Waals surface area contributed by atoms with E-state index in [0.717, 1.165) is 30.4 Å². The lowest BCUT2D eigenvalue weighted by Crippen LogP contribution is -2.22. The molecule has 1 fully saturated rings. The highest BCUT2D eigenvalue weighted by Crippen LogP contribution is 2.38. The average molecular weight is 425 g/mol. The molecule has 0 radical (unpaired) electrons. The maximum atomic E-state index is 12.3. The number of hydrogen-bond acceptors (Lipinski definition) is 5. The van der Waals surface area contributed by atoms with Crippen LogP contribution in [0, 0.1) is 18.8 Å². The van der Waals surface area contributed by atoms with E-state index >= 15 is 0 Å². The van der Waals surface area contributed by atoms with Crippen molar-refractivity contribution in [2.24, 2.45) is 11.8 Å². The van der Waals surface area contributed by atoms with E-state index in [1.165, 1.54) is 18.2 Å². The predicted octanol–water partition coefficient (Wildman–Crippen LogP) is 4.54. The van der Waals surface area contributed by atoms with Crippen molar-refractivity contribution >= 4 is 18.0 Å². The van der Waals surface area contributed by atoms with Gasteiger partial charge in [-0.2, -0.15) is 0 Å². The highest BCUT2D eigenvalue weighted by atomic mass is 16.5. The van der Waals surface area contributed by atoms with Crippen LogP contribution in [0.3, 0.4) is 0 Å². The second-order valence-corrected chi connectivity index (χ2v) is 8.56. The molecule has 1 N–H and O–H groups in total. The van der Waals surface area contributed by atoms with Crippen molar-refractivity contribution in [3.8, 4) is 0 Å². The van der Waals surface area contributed by atoms with Crippen molar-refractivity contribution in [3.63, 3.8) is 0 Å². The summed E-state index contributed by atoms with van der Waals surface area (Å²) in [6.45, 7) is 3.89. The number of carbonyl (C=O) groups is 2. The Morgan fingerprint density at radius 1 is 1.26 bits per heavy atom. The van der Waals surface area contributed by atoms with Crippen molar-refractivity contribution in [1.29, 1.82) is 0 Å². The van der Waals surface area contributed by atoms with Crippen molar-refractivity contribution in [2.45, 2.75) is 64.3 Å². The highest BCUT2D eigenvalue weighted by Gasteiger charge is 2.38. The summed E-state index contributed by atoms with van der Waals surface area (Å²) in [4.78, 5) is 24.3. The molecule has 0 bridgehead atoms. The second-order valence-electron chi connectivity index (χ2n) is 8.56. The number of hydrogen-bond donors (Lipinski definition) is 1. The Hall–Kier alpha value is -2.66. The zero-order chi connectivity index (χ0) is 22.2. The number of rotatable bonds is 3. The van der Waals surface area contributed by atoms with Gasteiger partial charge in [-0.1, -0.05) is 42.0 Å². The van der Waals surface area contributed by atoms with Gasteiger partial charge in [0.15, 0.2) is 0 Å². The third-order valence-electron chi connectivity index (χ3n) is 5.91. The van der Waals surface area contributed by atoms with Crippen molar-refractivity contribution in [3.05, 3.63) is 65.8 Å². The van der Waals surface area contributed by atoms with Crippen LogP contribution in [0.5, 0.6) is 0 Å². The first-order chi connectivity index (χ1) is 14.9. The fourth-order valence-electron chi connectivity index (χ4n) is 4.32. The number of allylic oxidation sites excluding steroid dienone is 2. The quantitative estimate of drug-likeness (QED) is 0.438. The molecule has 0 aromatic heterocycles. The summed E-state index contributed by atoms with van der Waals surface area (Å²) in [5.74, 6) is -0.839. The Morgan fingerprint density at radius 2 is 2.10 bits per heavy atom. The molecule has 1 aromatic carbocycles. The number of esters is 2. The van der Waals surface area contributed by atoms with Crippen LogP contribution in [-0.2, 0) is 19.1 Å². The van der Waals surface area contributed by atoms with Crippen LogP contribution >= 0.6 is 0 Å². The maximum absolute atomic E-state index is 12.3. The summed E-state index contributed by atoms with van der Waals surface area (Å²) in [5.41, 5.74) is 2.08. The average Bonchev–Trinajstić information content (AvgIpc) is 3.12. The summed E-state index contributed by atoms with van der Waals surface area (Å²) in [6.07, 6.45) is 12.9. The SMILES string of the molecule is Cc1cccc(/C=C/C(=O)O[C@@H]2C[C@H]3[C@H](O)C=CC(=O)O[C@@H](C)CCC/C=C/[C@@H]3C2)c1. The molecule has 31 heavy (non-hydrogen) atoms. The number of aryl methyl sites for hydroxylation is 1. The fourth-order valence-corrected chi connectivity index (χ4v) is 4.32. The zero-order valence-corrected chi connectivity index (χ0v) is 18.3. The van der Waals surface area contributed by atoms with Gasteiger partial charge in [-0.25, -0.2) is 9.59 Å². The molecule has 5 nitrogen and oxygen atoms in total. The molecule has 166 valence electrons. The highest BCUT2D eigenvalue weighted by molar-refractivity contribution is 5.87. The molecular formula is C26H32O5. The largest absolute Gasteiger partial charge is 0.460 e. The van der Waals surface area contributed by atoms with E-state index in [1.54, 1.807) is 6.08 Å². The standard InChI is InChI=1S/C26H32O5/c1-18-7-6-9-20(15-18)11-13-26(29)31-22-16-21-10-5-3-4-8-19(2)30-25(28)14-12-24(27)23(21)17-22/h5-7,9-15,19,21-24,27H,3-4,8,16-17H2,1-2H3/b10-5+,13-11+,14-12?/t19-,21+,22-,23+,24+/m0/s1. The van der Waals surface area contributed by atoms with Gasteiger partial charge in [0.05, 0.1) is 12.2 Å². The molecule has 1 saturated carbocycles. The van der Waals surface area contributed by atoms with Crippen LogP contribution in [0.25, 0.3) is 6.08 Å². The fraction of sp³-hybridized carbons (Fsp3) is 0.462. The van der Waals surface area contributed by atoms with Gasteiger partial charge in [-0.3, -0.25) is 0 Å². The molecule has 0 saturated heterocycles. The second kappa shape index (κ2) is 11.1. The van der Waals surface area contributed by atoms with E-state index in [4.69, 9.17) is 9.47 Å². The molecule has 0 unspecified atom stereocenters. The van der Waals surface area contributed by atoms with E-state index in [0.29, 0.717) is 12.8 Å². The Morgan fingerprint density at radius 3 is 2.90 bits per heavy atom. The number of ether oxygens (including phenoxy) is 2. The molecular weight excluding hydrogens is 392 g/mol. The van der Waals surface area contributed by atoms with Gasteiger partial charge in [-0.05, 0) is 75.5 Å². The number of cyclic esters (lactones) is 1. The van der Waals surface area contributed by atoms with Gasteiger partial charge >= 0.3 is 11.9 Å². The van der Waals surface area contributed by atoms with Gasteiger partial charge in [-0.15, -0.1) is 0 Å². The van der Waals surface area contributed by atoms with E-state index in [9.17, 15) is 14.7 Å². The summed E-state index contributed by atoms with van der Waals surface area (Å²) < 4.78 is 11.0. The monoisotopic (exact) mass is 424 g/mol. The third kappa shape index (κ3) is 7.21. The van der Waals surface area contributed by atoms with Crippen molar-refractivity contribution in [1.82, 2.24) is 0 Å². The molecule has 5 heteroatoms. The van der Waals surface area contributed by atoms with Gasteiger partial charge < -0.3 is 14.6 Å². The maximum Gasteiger partial charge on any atom is 0.331 e. The lowest BCUT2D eigenvalue weighted by atomic mass is 9.90. The van der Waals surface area contributed by atoms with Crippen LogP contribution in [0.1, 0.15) is 50.2 Å². The Labute approximate surface area is 184 Å². The van der Waals surface area contributed by atoms with Crippen LogP contribution in [0.15, 0.2) is 54.6 Å². The van der Waals surface area contributed by atoms with Crippen molar-refractivity contribution < 1.29 is 24.2 Å². The molecule has 1 aliphatic carbocycles. The number of carbonyl (C=O) groups excluding carboxylic acids is 2. The Balaban J connectivity index is 1.63. The Kier molecular flexibility index (Phi) is 8.24.